The van der Waals surface area contributed by atoms with E-state index >= 15 is 0 Å². The molecule has 3 heteroatoms. The molecule has 2 aromatic rings. The Hall–Kier alpha value is -0.640. The summed E-state index contributed by atoms with van der Waals surface area (Å²) < 4.78 is 1.19. The van der Waals surface area contributed by atoms with Gasteiger partial charge in [0.25, 0.3) is 0 Å². The van der Waals surface area contributed by atoms with Gasteiger partial charge in [-0.25, -0.2) is 0 Å². The van der Waals surface area contributed by atoms with Gasteiger partial charge >= 0.3 is 0 Å². The number of benzene rings is 1. The van der Waals surface area contributed by atoms with Gasteiger partial charge in [-0.05, 0) is 76.4 Å². The van der Waals surface area contributed by atoms with Gasteiger partial charge in [0.05, 0.1) is 9.83 Å². The van der Waals surface area contributed by atoms with Crippen LogP contribution >= 0.6 is 27.3 Å². The van der Waals surface area contributed by atoms with E-state index in [0.29, 0.717) is 6.04 Å². The van der Waals surface area contributed by atoms with Crippen LogP contribution in [0.5, 0.6) is 0 Å². The lowest BCUT2D eigenvalue weighted by molar-refractivity contribution is 0.599. The maximum Gasteiger partial charge on any atom is 0.0701 e. The summed E-state index contributed by atoms with van der Waals surface area (Å²) in [7, 11) is 0. The smallest absolute Gasteiger partial charge is 0.0701 e. The maximum absolute atomic E-state index is 3.65. The SMILES string of the molecule is CCCNC(c1csc(Br)c1)c1ccc(C)c(C)c1. The Morgan fingerprint density at radius 1 is 1.16 bits per heavy atom. The summed E-state index contributed by atoms with van der Waals surface area (Å²) in [6.45, 7) is 7.58. The lowest BCUT2D eigenvalue weighted by atomic mass is 9.97. The van der Waals surface area contributed by atoms with Crippen LogP contribution in [0.25, 0.3) is 0 Å². The third-order valence-corrected chi connectivity index (χ3v) is 4.91. The molecule has 1 N–H and O–H groups in total. The predicted molar refractivity (Wildman–Crippen MR) is 88.1 cm³/mol. The van der Waals surface area contributed by atoms with Crippen molar-refractivity contribution < 1.29 is 0 Å². The molecule has 0 spiro atoms. The van der Waals surface area contributed by atoms with Crippen molar-refractivity contribution in [2.24, 2.45) is 0 Å². The fraction of sp³-hybridized carbons (Fsp3) is 0.375. The Morgan fingerprint density at radius 3 is 2.53 bits per heavy atom. The molecular weight excluding hydrogens is 318 g/mol. The molecule has 1 unspecified atom stereocenters. The zero-order valence-electron chi connectivity index (χ0n) is 11.7. The average Bonchev–Trinajstić information content (AvgIpc) is 2.80. The van der Waals surface area contributed by atoms with Crippen molar-refractivity contribution in [3.8, 4) is 0 Å². The summed E-state index contributed by atoms with van der Waals surface area (Å²) >= 11 is 5.30. The van der Waals surface area contributed by atoms with Crippen molar-refractivity contribution in [3.05, 3.63) is 55.7 Å². The number of nitrogens with one attached hydrogen (secondary N) is 1. The summed E-state index contributed by atoms with van der Waals surface area (Å²) in [6, 6.07) is 9.26. The molecule has 2 rings (SSSR count). The third kappa shape index (κ3) is 3.68. The van der Waals surface area contributed by atoms with Gasteiger partial charge in [-0.15, -0.1) is 11.3 Å². The van der Waals surface area contributed by atoms with Crippen LogP contribution in [0.15, 0.2) is 33.4 Å². The Balaban J connectivity index is 2.33. The molecule has 0 aliphatic heterocycles. The molecule has 0 amide bonds. The summed E-state index contributed by atoms with van der Waals surface area (Å²) in [5.41, 5.74) is 5.40. The van der Waals surface area contributed by atoms with E-state index in [2.05, 4.69) is 71.7 Å². The summed E-state index contributed by atoms with van der Waals surface area (Å²) in [5, 5.41) is 5.88. The van der Waals surface area contributed by atoms with E-state index in [1.807, 2.05) is 0 Å². The minimum atomic E-state index is 0.293. The Kier molecular flexibility index (Phi) is 5.20. The minimum absolute atomic E-state index is 0.293. The molecule has 1 aromatic heterocycles. The number of hydrogen-bond donors (Lipinski definition) is 1. The second kappa shape index (κ2) is 6.69. The van der Waals surface area contributed by atoms with Crippen LogP contribution in [0.3, 0.4) is 0 Å². The first-order valence-corrected chi connectivity index (χ1v) is 8.33. The van der Waals surface area contributed by atoms with Crippen molar-refractivity contribution in [2.75, 3.05) is 6.54 Å². The number of rotatable bonds is 5. The number of aryl methyl sites for hydroxylation is 2. The molecule has 0 saturated heterocycles. The Morgan fingerprint density at radius 2 is 1.95 bits per heavy atom. The number of halogens is 1. The Bertz CT molecular complexity index is 547. The van der Waals surface area contributed by atoms with E-state index < -0.39 is 0 Å². The standard InChI is InChI=1S/C16H20BrNS/c1-4-7-18-16(14-9-15(17)19-10-14)13-6-5-11(2)12(3)8-13/h5-6,8-10,16,18H,4,7H2,1-3H3. The van der Waals surface area contributed by atoms with Gasteiger partial charge in [0.15, 0.2) is 0 Å². The largest absolute Gasteiger partial charge is 0.306 e. The quantitative estimate of drug-likeness (QED) is 0.788. The maximum atomic E-state index is 3.65. The molecule has 1 heterocycles. The molecule has 0 bridgehead atoms. The van der Waals surface area contributed by atoms with Crippen LogP contribution < -0.4 is 5.32 Å². The van der Waals surface area contributed by atoms with Crippen molar-refractivity contribution in [1.29, 1.82) is 0 Å². The summed E-state index contributed by atoms with van der Waals surface area (Å²) in [6.07, 6.45) is 1.15. The molecule has 0 fully saturated rings. The molecule has 1 atom stereocenters. The van der Waals surface area contributed by atoms with Gasteiger partial charge in [0.2, 0.25) is 0 Å². The van der Waals surface area contributed by atoms with E-state index in [1.165, 1.54) is 26.0 Å². The van der Waals surface area contributed by atoms with Gasteiger partial charge < -0.3 is 5.32 Å². The topological polar surface area (TPSA) is 12.0 Å². The third-order valence-electron chi connectivity index (χ3n) is 3.38. The molecular formula is C16H20BrNS. The van der Waals surface area contributed by atoms with Crippen LogP contribution in [-0.2, 0) is 0 Å². The van der Waals surface area contributed by atoms with Gasteiger partial charge in [-0.2, -0.15) is 0 Å². The second-order valence-corrected chi connectivity index (χ2v) is 7.21. The number of hydrogen-bond acceptors (Lipinski definition) is 2. The zero-order valence-corrected chi connectivity index (χ0v) is 14.1. The normalized spacial score (nSPS) is 12.6. The minimum Gasteiger partial charge on any atom is -0.306 e. The van der Waals surface area contributed by atoms with Gasteiger partial charge in [-0.3, -0.25) is 0 Å². The monoisotopic (exact) mass is 337 g/mol. The lowest BCUT2D eigenvalue weighted by Crippen LogP contribution is -2.22. The summed E-state index contributed by atoms with van der Waals surface area (Å²) in [5.74, 6) is 0. The molecule has 1 nitrogen and oxygen atoms in total. The lowest BCUT2D eigenvalue weighted by Gasteiger charge is -2.19. The number of thiophene rings is 1. The fourth-order valence-corrected chi connectivity index (χ4v) is 3.34. The highest BCUT2D eigenvalue weighted by atomic mass is 79.9. The van der Waals surface area contributed by atoms with Gasteiger partial charge in [0, 0.05) is 0 Å². The molecule has 0 aliphatic carbocycles. The Labute approximate surface area is 128 Å². The van der Waals surface area contributed by atoms with Crippen molar-refractivity contribution >= 4 is 27.3 Å². The van der Waals surface area contributed by atoms with Gasteiger partial charge in [0.1, 0.15) is 0 Å². The molecule has 19 heavy (non-hydrogen) atoms. The molecule has 0 aliphatic rings. The van der Waals surface area contributed by atoms with Gasteiger partial charge in [-0.1, -0.05) is 25.1 Å². The first kappa shape index (κ1) is 14.8. The fourth-order valence-electron chi connectivity index (χ4n) is 2.14. The van der Waals surface area contributed by atoms with E-state index in [-0.39, 0.29) is 0 Å². The van der Waals surface area contributed by atoms with Crippen molar-refractivity contribution in [3.63, 3.8) is 0 Å². The van der Waals surface area contributed by atoms with E-state index in [4.69, 9.17) is 0 Å². The molecule has 0 radical (unpaired) electrons. The highest BCUT2D eigenvalue weighted by Gasteiger charge is 2.15. The summed E-state index contributed by atoms with van der Waals surface area (Å²) in [4.78, 5) is 0. The van der Waals surface area contributed by atoms with Crippen LogP contribution in [0.2, 0.25) is 0 Å². The van der Waals surface area contributed by atoms with Crippen LogP contribution in [-0.4, -0.2) is 6.54 Å². The molecule has 102 valence electrons. The zero-order chi connectivity index (χ0) is 13.8. The molecule has 0 saturated carbocycles. The highest BCUT2D eigenvalue weighted by molar-refractivity contribution is 9.11. The van der Waals surface area contributed by atoms with E-state index in [1.54, 1.807) is 11.3 Å². The van der Waals surface area contributed by atoms with Crippen LogP contribution in [0.4, 0.5) is 0 Å². The first-order valence-electron chi connectivity index (χ1n) is 6.66. The second-order valence-electron chi connectivity index (χ2n) is 4.91. The predicted octanol–water partition coefficient (Wildman–Crippen LogP) is 5.22. The first-order chi connectivity index (χ1) is 9.11. The average molecular weight is 338 g/mol. The van der Waals surface area contributed by atoms with Crippen LogP contribution in [0, 0.1) is 13.8 Å². The van der Waals surface area contributed by atoms with E-state index in [0.717, 1.165) is 13.0 Å². The molecule has 1 aromatic carbocycles. The van der Waals surface area contributed by atoms with Crippen molar-refractivity contribution in [2.45, 2.75) is 33.2 Å². The van der Waals surface area contributed by atoms with E-state index in [9.17, 15) is 0 Å². The van der Waals surface area contributed by atoms with Crippen LogP contribution in [0.1, 0.15) is 41.6 Å². The highest BCUT2D eigenvalue weighted by Crippen LogP contribution is 2.30. The van der Waals surface area contributed by atoms with Crippen molar-refractivity contribution in [1.82, 2.24) is 5.32 Å².